The van der Waals surface area contributed by atoms with Crippen molar-refractivity contribution in [1.82, 2.24) is 14.9 Å². The lowest BCUT2D eigenvalue weighted by Gasteiger charge is -2.30. The van der Waals surface area contributed by atoms with Crippen LogP contribution in [0, 0.1) is 6.92 Å². The first-order chi connectivity index (χ1) is 17.1. The molecule has 36 heavy (non-hydrogen) atoms. The number of H-pyrrole nitrogens is 1. The van der Waals surface area contributed by atoms with E-state index in [2.05, 4.69) is 59.6 Å². The largest absolute Gasteiger partial charge is 0.450 e. The molecule has 8 heteroatoms. The lowest BCUT2D eigenvalue weighted by Crippen LogP contribution is -2.40. The second kappa shape index (κ2) is 9.65. The third kappa shape index (κ3) is 4.43. The van der Waals surface area contributed by atoms with Crippen molar-refractivity contribution in [3.05, 3.63) is 61.3 Å². The van der Waals surface area contributed by atoms with Crippen LogP contribution in [0.15, 0.2) is 28.4 Å². The quantitative estimate of drug-likeness (QED) is 0.330. The number of piperidine rings is 1. The molecule has 3 aromatic rings. The van der Waals surface area contributed by atoms with Gasteiger partial charge in [-0.1, -0.05) is 36.8 Å². The normalized spacial score (nSPS) is 16.1. The molecule has 0 bridgehead atoms. The average molecular weight is 587 g/mol. The van der Waals surface area contributed by atoms with E-state index in [0.29, 0.717) is 19.7 Å². The molecule has 0 unspecified atom stereocenters. The van der Waals surface area contributed by atoms with Gasteiger partial charge in [0.2, 0.25) is 0 Å². The van der Waals surface area contributed by atoms with Crippen LogP contribution in [0.2, 0.25) is 24.7 Å². The van der Waals surface area contributed by atoms with E-state index in [1.54, 1.807) is 0 Å². The van der Waals surface area contributed by atoms with Gasteiger partial charge in [-0.2, -0.15) is 0 Å². The Bertz CT molecular complexity index is 1400. The third-order valence-electron chi connectivity index (χ3n) is 7.44. The molecule has 0 radical (unpaired) electrons. The van der Waals surface area contributed by atoms with Gasteiger partial charge in [0.25, 0.3) is 0 Å². The van der Waals surface area contributed by atoms with Crippen molar-refractivity contribution >= 4 is 63.5 Å². The van der Waals surface area contributed by atoms with Gasteiger partial charge in [-0.3, -0.25) is 4.98 Å². The van der Waals surface area contributed by atoms with E-state index in [0.717, 1.165) is 46.4 Å². The van der Waals surface area contributed by atoms with E-state index < -0.39 is 8.07 Å². The van der Waals surface area contributed by atoms with Gasteiger partial charge < -0.3 is 14.6 Å². The number of fused-ring (bicyclic) bond motifs is 4. The molecule has 1 N–H and O–H groups in total. The molecular weight excluding hydrogens is 554 g/mol. The molecule has 0 atom stereocenters. The molecule has 1 aromatic carbocycles. The molecule has 2 aromatic heterocycles. The van der Waals surface area contributed by atoms with Crippen LogP contribution >= 0.6 is 27.5 Å². The molecule has 0 spiro atoms. The minimum atomic E-state index is -1.62. The number of hydrogen-bond acceptors (Lipinski definition) is 3. The predicted octanol–water partition coefficient (Wildman–Crippen LogP) is 6.99. The van der Waals surface area contributed by atoms with Crippen molar-refractivity contribution < 1.29 is 9.53 Å². The smallest absolute Gasteiger partial charge is 0.409 e. The molecule has 1 aliphatic heterocycles. The first-order valence-corrected chi connectivity index (χ1v) is 17.4. The number of hydrogen-bond donors (Lipinski definition) is 1. The van der Waals surface area contributed by atoms with Crippen LogP contribution in [0.1, 0.15) is 47.7 Å². The summed E-state index contributed by atoms with van der Waals surface area (Å²) in [7, 11) is -1.62. The molecule has 1 fully saturated rings. The molecule has 1 aliphatic carbocycles. The van der Waals surface area contributed by atoms with Gasteiger partial charge in [0.15, 0.2) is 0 Å². The second-order valence-corrected chi connectivity index (χ2v) is 17.2. The fourth-order valence-electron chi connectivity index (χ4n) is 5.83. The first kappa shape index (κ1) is 25.6. The molecule has 3 heterocycles. The Balaban J connectivity index is 1.77. The van der Waals surface area contributed by atoms with Crippen LogP contribution < -0.4 is 5.32 Å². The summed E-state index contributed by atoms with van der Waals surface area (Å²) in [6.45, 7) is 12.9. The Morgan fingerprint density at radius 1 is 1.17 bits per heavy atom. The molecule has 190 valence electrons. The molecule has 0 saturated carbocycles. The van der Waals surface area contributed by atoms with E-state index in [1.807, 2.05) is 18.0 Å². The molecule has 5 nitrogen and oxygen atoms in total. The van der Waals surface area contributed by atoms with Crippen molar-refractivity contribution in [3.8, 4) is 0 Å². The van der Waals surface area contributed by atoms with E-state index in [9.17, 15) is 4.79 Å². The predicted molar refractivity (Wildman–Crippen MR) is 154 cm³/mol. The van der Waals surface area contributed by atoms with Crippen LogP contribution in [0.25, 0.3) is 16.5 Å². The van der Waals surface area contributed by atoms with Gasteiger partial charge in [0, 0.05) is 40.0 Å². The number of nitrogens with one attached hydrogen (secondary N) is 1. The Labute approximate surface area is 227 Å². The SMILES string of the molecule is CCOC(=O)N1CCC(=C2c3ncc(Br)cc3CCc3cc(Cl)c4[nH]c([Si](C)(C)C)c(C)c4c32)CC1. The van der Waals surface area contributed by atoms with Crippen LogP contribution in [0.3, 0.4) is 0 Å². The average Bonchev–Trinajstić information content (AvgIpc) is 3.11. The fraction of sp³-hybridized carbons (Fsp3) is 0.429. The Hall–Kier alpha value is -2.09. The van der Waals surface area contributed by atoms with Crippen LogP contribution in [-0.2, 0) is 17.6 Å². The Morgan fingerprint density at radius 3 is 2.53 bits per heavy atom. The molecule has 2 aliphatic rings. The summed E-state index contributed by atoms with van der Waals surface area (Å²) in [6, 6.07) is 4.37. The zero-order valence-corrected chi connectivity index (χ0v) is 25.0. The van der Waals surface area contributed by atoms with Gasteiger partial charge in [0.1, 0.15) is 0 Å². The third-order valence-corrected chi connectivity index (χ3v) is 10.2. The Morgan fingerprint density at radius 2 is 1.86 bits per heavy atom. The number of likely N-dealkylation sites (tertiary alicyclic amines) is 1. The van der Waals surface area contributed by atoms with Crippen molar-refractivity contribution in [2.75, 3.05) is 19.7 Å². The standard InChI is InChI=1S/C28H33BrClN3O2Si/c1-6-35-28(34)33-11-9-17(10-12-33)24-23-18(7-8-19-13-20(29)15-31-25(19)24)14-21(30)26-22(23)16(2)27(32-26)36(3,4)5/h13-15,32H,6-12H2,1-5H3. The minimum Gasteiger partial charge on any atom is -0.450 e. The Kier molecular flexibility index (Phi) is 6.85. The highest BCUT2D eigenvalue weighted by Crippen LogP contribution is 2.44. The van der Waals surface area contributed by atoms with Gasteiger partial charge in [-0.05, 0) is 89.8 Å². The maximum Gasteiger partial charge on any atom is 0.409 e. The molecule has 5 rings (SSSR count). The second-order valence-electron chi connectivity index (χ2n) is 10.8. The summed E-state index contributed by atoms with van der Waals surface area (Å²) in [4.78, 5) is 22.9. The summed E-state index contributed by atoms with van der Waals surface area (Å²) < 4.78 is 6.26. The van der Waals surface area contributed by atoms with E-state index in [1.165, 1.54) is 44.1 Å². The summed E-state index contributed by atoms with van der Waals surface area (Å²) in [6.07, 6.45) is 5.11. The van der Waals surface area contributed by atoms with Gasteiger partial charge >= 0.3 is 6.09 Å². The number of nitrogens with zero attached hydrogens (tertiary/aromatic N) is 2. The van der Waals surface area contributed by atoms with Crippen LogP contribution in [-0.4, -0.2) is 48.7 Å². The minimum absolute atomic E-state index is 0.222. The number of rotatable bonds is 2. The maximum atomic E-state index is 12.4. The fourth-order valence-corrected chi connectivity index (χ4v) is 8.23. The monoisotopic (exact) mass is 585 g/mol. The lowest BCUT2D eigenvalue weighted by atomic mass is 9.86. The highest BCUT2D eigenvalue weighted by molar-refractivity contribution is 9.10. The van der Waals surface area contributed by atoms with Gasteiger partial charge in [0.05, 0.1) is 30.9 Å². The van der Waals surface area contributed by atoms with Crippen molar-refractivity contribution in [2.45, 2.75) is 59.2 Å². The molecule has 1 amide bonds. The molecular formula is C28H33BrClN3O2Si. The summed E-state index contributed by atoms with van der Waals surface area (Å²) in [5.74, 6) is 0. The zero-order valence-electron chi connectivity index (χ0n) is 21.6. The van der Waals surface area contributed by atoms with E-state index in [4.69, 9.17) is 21.3 Å². The number of benzene rings is 1. The van der Waals surface area contributed by atoms with Crippen LogP contribution in [0.5, 0.6) is 0 Å². The maximum absolute atomic E-state index is 12.4. The van der Waals surface area contributed by atoms with Gasteiger partial charge in [-0.25, -0.2) is 4.79 Å². The number of carbonyl (C=O) groups excluding carboxylic acids is 1. The number of ether oxygens (including phenoxy) is 1. The number of carbonyl (C=O) groups is 1. The van der Waals surface area contributed by atoms with Crippen molar-refractivity contribution in [3.63, 3.8) is 0 Å². The molecule has 1 saturated heterocycles. The summed E-state index contributed by atoms with van der Waals surface area (Å²) >= 11 is 10.6. The lowest BCUT2D eigenvalue weighted by molar-refractivity contribution is 0.104. The van der Waals surface area contributed by atoms with Crippen LogP contribution in [0.4, 0.5) is 4.79 Å². The number of pyridine rings is 1. The number of aromatic nitrogens is 2. The van der Waals surface area contributed by atoms with E-state index >= 15 is 0 Å². The zero-order chi connectivity index (χ0) is 25.8. The highest BCUT2D eigenvalue weighted by Gasteiger charge is 2.32. The highest BCUT2D eigenvalue weighted by atomic mass is 79.9. The summed E-state index contributed by atoms with van der Waals surface area (Å²) in [5, 5.41) is 3.38. The van der Waals surface area contributed by atoms with Gasteiger partial charge in [-0.15, -0.1) is 0 Å². The summed E-state index contributed by atoms with van der Waals surface area (Å²) in [5.41, 5.74) is 9.81. The van der Waals surface area contributed by atoms with Crippen molar-refractivity contribution in [1.29, 1.82) is 0 Å². The topological polar surface area (TPSA) is 58.2 Å². The first-order valence-electron chi connectivity index (χ1n) is 12.7. The number of halogens is 2. The number of aryl methyl sites for hydroxylation is 3. The van der Waals surface area contributed by atoms with Crippen molar-refractivity contribution in [2.24, 2.45) is 0 Å². The number of aromatic amines is 1. The number of amides is 1. The van der Waals surface area contributed by atoms with E-state index in [-0.39, 0.29) is 6.09 Å².